The van der Waals surface area contributed by atoms with E-state index in [1.54, 1.807) is 0 Å². The van der Waals surface area contributed by atoms with Crippen molar-refractivity contribution in [2.24, 2.45) is 0 Å². The van der Waals surface area contributed by atoms with E-state index in [0.717, 1.165) is 15.9 Å². The molecule has 0 saturated carbocycles. The third-order valence-electron chi connectivity index (χ3n) is 2.84. The van der Waals surface area contributed by atoms with E-state index in [2.05, 4.69) is 53.1 Å². The van der Waals surface area contributed by atoms with Crippen LogP contribution in [-0.4, -0.2) is 4.98 Å². The van der Waals surface area contributed by atoms with Gasteiger partial charge in [-0.05, 0) is 37.5 Å². The number of anilines is 1. The molecule has 0 aliphatic rings. The number of hydrogen-bond acceptors (Lipinski definition) is 3. The monoisotopic (exact) mass is 344 g/mol. The van der Waals surface area contributed by atoms with E-state index in [9.17, 15) is 0 Å². The second-order valence-electron chi connectivity index (χ2n) is 4.26. The van der Waals surface area contributed by atoms with Gasteiger partial charge in [-0.1, -0.05) is 33.6 Å². The molecule has 0 radical (unpaired) electrons. The predicted molar refractivity (Wildman–Crippen MR) is 82.8 cm³/mol. The van der Waals surface area contributed by atoms with Crippen LogP contribution in [0.5, 0.6) is 0 Å². The maximum atomic E-state index is 5.82. The first-order chi connectivity index (χ1) is 8.49. The Morgan fingerprint density at radius 1 is 1.33 bits per heavy atom. The third kappa shape index (κ3) is 2.87. The van der Waals surface area contributed by atoms with Crippen molar-refractivity contribution in [2.45, 2.75) is 27.3 Å². The summed E-state index contributed by atoms with van der Waals surface area (Å²) in [5, 5.41) is 3.46. The standard InChI is InChI=1S/C13H14BrClN2S/c1-7-4-8(2)12(9(3)11(7)14)16-5-10-6-17-13(15)18-10/h4,6,16H,5H2,1-3H3. The topological polar surface area (TPSA) is 24.9 Å². The average molecular weight is 346 g/mol. The fourth-order valence-electron chi connectivity index (χ4n) is 1.97. The van der Waals surface area contributed by atoms with Crippen LogP contribution in [0.25, 0.3) is 0 Å². The number of hydrogen-bond donors (Lipinski definition) is 1. The van der Waals surface area contributed by atoms with Crippen LogP contribution in [0.4, 0.5) is 5.69 Å². The predicted octanol–water partition coefficient (Wildman–Crippen LogP) is 5.10. The zero-order valence-electron chi connectivity index (χ0n) is 10.5. The van der Waals surface area contributed by atoms with Crippen molar-refractivity contribution in [1.29, 1.82) is 0 Å². The van der Waals surface area contributed by atoms with Crippen molar-refractivity contribution in [2.75, 3.05) is 5.32 Å². The molecule has 0 spiro atoms. The van der Waals surface area contributed by atoms with Gasteiger partial charge in [-0.3, -0.25) is 0 Å². The summed E-state index contributed by atoms with van der Waals surface area (Å²) in [5.41, 5.74) is 4.93. The fourth-order valence-corrected chi connectivity index (χ4v) is 3.20. The fraction of sp³-hybridized carbons (Fsp3) is 0.308. The Hall–Kier alpha value is -0.580. The number of thiazole rings is 1. The molecule has 2 rings (SSSR count). The van der Waals surface area contributed by atoms with E-state index in [1.165, 1.54) is 33.7 Å². The number of nitrogens with zero attached hydrogens (tertiary/aromatic N) is 1. The number of aryl methyl sites for hydroxylation is 2. The first-order valence-corrected chi connectivity index (χ1v) is 7.58. The first kappa shape index (κ1) is 13.8. The maximum Gasteiger partial charge on any atom is 0.183 e. The number of benzene rings is 1. The van der Waals surface area contributed by atoms with Gasteiger partial charge in [0.1, 0.15) is 0 Å². The van der Waals surface area contributed by atoms with Crippen LogP contribution in [0.15, 0.2) is 16.7 Å². The summed E-state index contributed by atoms with van der Waals surface area (Å²) in [6.07, 6.45) is 1.81. The lowest BCUT2D eigenvalue weighted by molar-refractivity contribution is 1.14. The van der Waals surface area contributed by atoms with Crippen molar-refractivity contribution in [3.63, 3.8) is 0 Å². The molecule has 2 aromatic rings. The van der Waals surface area contributed by atoms with Crippen LogP contribution in [0, 0.1) is 20.8 Å². The average Bonchev–Trinajstić information content (AvgIpc) is 2.72. The van der Waals surface area contributed by atoms with Crippen LogP contribution in [0.2, 0.25) is 4.47 Å². The van der Waals surface area contributed by atoms with E-state index in [-0.39, 0.29) is 0 Å². The normalized spacial score (nSPS) is 10.7. The minimum Gasteiger partial charge on any atom is -0.380 e. The van der Waals surface area contributed by atoms with Crippen LogP contribution in [-0.2, 0) is 6.54 Å². The van der Waals surface area contributed by atoms with Gasteiger partial charge >= 0.3 is 0 Å². The smallest absolute Gasteiger partial charge is 0.183 e. The molecule has 18 heavy (non-hydrogen) atoms. The molecule has 0 saturated heterocycles. The van der Waals surface area contributed by atoms with Gasteiger partial charge in [0.15, 0.2) is 4.47 Å². The van der Waals surface area contributed by atoms with Crippen molar-refractivity contribution in [3.05, 3.63) is 42.8 Å². The van der Waals surface area contributed by atoms with Crippen LogP contribution >= 0.6 is 38.9 Å². The molecule has 0 atom stereocenters. The Morgan fingerprint density at radius 3 is 2.67 bits per heavy atom. The molecule has 0 aliphatic carbocycles. The van der Waals surface area contributed by atoms with Crippen molar-refractivity contribution >= 4 is 44.6 Å². The minimum absolute atomic E-state index is 0.588. The molecule has 1 N–H and O–H groups in total. The minimum atomic E-state index is 0.588. The summed E-state index contributed by atoms with van der Waals surface area (Å²) in [6.45, 7) is 7.10. The van der Waals surface area contributed by atoms with Crippen molar-refractivity contribution < 1.29 is 0 Å². The van der Waals surface area contributed by atoms with Gasteiger partial charge in [0.25, 0.3) is 0 Å². The van der Waals surface area contributed by atoms with E-state index >= 15 is 0 Å². The Labute approximate surface area is 125 Å². The maximum absolute atomic E-state index is 5.82. The van der Waals surface area contributed by atoms with E-state index in [0.29, 0.717) is 4.47 Å². The number of nitrogens with one attached hydrogen (secondary N) is 1. The number of aromatic nitrogens is 1. The Bertz CT molecular complexity index is 581. The van der Waals surface area contributed by atoms with Gasteiger partial charge < -0.3 is 5.32 Å². The Balaban J connectivity index is 2.22. The lowest BCUT2D eigenvalue weighted by atomic mass is 10.1. The summed E-state index contributed by atoms with van der Waals surface area (Å²) in [6, 6.07) is 2.18. The van der Waals surface area contributed by atoms with Gasteiger partial charge in [0.05, 0.1) is 6.54 Å². The highest BCUT2D eigenvalue weighted by Gasteiger charge is 2.09. The van der Waals surface area contributed by atoms with E-state index in [1.807, 2.05) is 6.20 Å². The highest BCUT2D eigenvalue weighted by Crippen LogP contribution is 2.31. The van der Waals surface area contributed by atoms with Crippen LogP contribution in [0.3, 0.4) is 0 Å². The second-order valence-corrected chi connectivity index (χ2v) is 6.75. The SMILES string of the molecule is Cc1cc(C)c(NCc2cnc(Cl)s2)c(C)c1Br. The quantitative estimate of drug-likeness (QED) is 0.837. The summed E-state index contributed by atoms with van der Waals surface area (Å²) in [4.78, 5) is 5.17. The molecule has 1 heterocycles. The van der Waals surface area contributed by atoms with Gasteiger partial charge in [0.2, 0.25) is 0 Å². The molecule has 5 heteroatoms. The summed E-state index contributed by atoms with van der Waals surface area (Å²) >= 11 is 11.0. The molecule has 0 amide bonds. The lowest BCUT2D eigenvalue weighted by Gasteiger charge is -2.15. The van der Waals surface area contributed by atoms with Gasteiger partial charge in [-0.25, -0.2) is 4.98 Å². The van der Waals surface area contributed by atoms with Gasteiger partial charge in [-0.15, -0.1) is 11.3 Å². The van der Waals surface area contributed by atoms with E-state index < -0.39 is 0 Å². The van der Waals surface area contributed by atoms with Crippen molar-refractivity contribution in [1.82, 2.24) is 4.98 Å². The Kier molecular flexibility index (Phi) is 4.30. The largest absolute Gasteiger partial charge is 0.380 e. The van der Waals surface area contributed by atoms with E-state index in [4.69, 9.17) is 11.6 Å². The highest BCUT2D eigenvalue weighted by atomic mass is 79.9. The molecule has 0 aliphatic heterocycles. The van der Waals surface area contributed by atoms with Crippen molar-refractivity contribution in [3.8, 4) is 0 Å². The third-order valence-corrected chi connectivity index (χ3v) is 5.18. The molecule has 2 nitrogen and oxygen atoms in total. The summed E-state index contributed by atoms with van der Waals surface area (Å²) in [7, 11) is 0. The number of rotatable bonds is 3. The lowest BCUT2D eigenvalue weighted by Crippen LogP contribution is -2.03. The van der Waals surface area contributed by atoms with Crippen LogP contribution in [0.1, 0.15) is 21.6 Å². The molecule has 0 bridgehead atoms. The Morgan fingerprint density at radius 2 is 2.06 bits per heavy atom. The first-order valence-electron chi connectivity index (χ1n) is 5.59. The zero-order valence-corrected chi connectivity index (χ0v) is 13.6. The summed E-state index contributed by atoms with van der Waals surface area (Å²) < 4.78 is 1.75. The highest BCUT2D eigenvalue weighted by molar-refractivity contribution is 9.10. The molecular weight excluding hydrogens is 332 g/mol. The van der Waals surface area contributed by atoms with Crippen LogP contribution < -0.4 is 5.32 Å². The molecule has 1 aromatic carbocycles. The number of halogens is 2. The molecule has 0 fully saturated rings. The molecular formula is C13H14BrClN2S. The van der Waals surface area contributed by atoms with Gasteiger partial charge in [0, 0.05) is 21.2 Å². The second kappa shape index (κ2) is 5.59. The van der Waals surface area contributed by atoms with Gasteiger partial charge in [-0.2, -0.15) is 0 Å². The molecule has 1 aromatic heterocycles. The molecule has 0 unspecified atom stereocenters. The summed E-state index contributed by atoms with van der Waals surface area (Å²) in [5.74, 6) is 0. The zero-order chi connectivity index (χ0) is 13.3. The molecule has 96 valence electrons.